The second-order valence-corrected chi connectivity index (χ2v) is 10.7. The Hall–Kier alpha value is -2.22. The normalized spacial score (nSPS) is 25.2. The van der Waals surface area contributed by atoms with E-state index in [4.69, 9.17) is 14.1 Å². The number of rotatable bonds is 4. The van der Waals surface area contributed by atoms with Crippen molar-refractivity contribution in [2.45, 2.75) is 51.0 Å². The average Bonchev–Trinajstić information content (AvgIpc) is 3.42. The Morgan fingerprint density at radius 1 is 1.18 bits per heavy atom. The van der Waals surface area contributed by atoms with Crippen LogP contribution in [-0.2, 0) is 15.9 Å². The predicted octanol–water partition coefficient (Wildman–Crippen LogP) is 4.68. The van der Waals surface area contributed by atoms with Gasteiger partial charge in [0.2, 0.25) is 0 Å². The third kappa shape index (κ3) is 5.00. The summed E-state index contributed by atoms with van der Waals surface area (Å²) >= 11 is -1.04. The van der Waals surface area contributed by atoms with E-state index < -0.39 is 11.2 Å². The van der Waals surface area contributed by atoms with Crippen LogP contribution in [0.15, 0.2) is 62.6 Å². The molecule has 0 amide bonds. The third-order valence-corrected chi connectivity index (χ3v) is 8.50. The molecular weight excluding hydrogens is 434 g/mol. The van der Waals surface area contributed by atoms with Gasteiger partial charge in [0.15, 0.2) is 10.7 Å². The minimum atomic E-state index is -1.04. The SMILES string of the molecule is C=C1CC[S+]([O-])/C1=C(/N=C(\C)N1CCC(c2cc3ccccc3o2)CC1)NC1CCOCC1. The lowest BCUT2D eigenvalue weighted by Crippen LogP contribution is -2.38. The minimum absolute atomic E-state index is 0.294. The molecule has 0 radical (unpaired) electrons. The first kappa shape index (κ1) is 22.6. The number of hydrogen-bond donors (Lipinski definition) is 1. The number of hydrogen-bond acceptors (Lipinski definition) is 5. The minimum Gasteiger partial charge on any atom is -0.611 e. The molecule has 3 saturated heterocycles. The summed E-state index contributed by atoms with van der Waals surface area (Å²) in [5, 5.41) is 4.77. The Labute approximate surface area is 198 Å². The zero-order chi connectivity index (χ0) is 22.8. The summed E-state index contributed by atoms with van der Waals surface area (Å²) in [7, 11) is 0. The largest absolute Gasteiger partial charge is 0.611 e. The number of nitrogens with one attached hydrogen (secondary N) is 1. The van der Waals surface area contributed by atoms with Crippen molar-refractivity contribution in [3.8, 4) is 0 Å². The lowest BCUT2D eigenvalue weighted by Gasteiger charge is -2.33. The van der Waals surface area contributed by atoms with Crippen LogP contribution in [0.3, 0.4) is 0 Å². The van der Waals surface area contributed by atoms with E-state index >= 15 is 0 Å². The standard InChI is InChI=1S/C26H33N3O3S/c1-18-11-16-33(30)25(18)26(28-22-9-14-31-15-10-22)27-19(2)29-12-7-20(8-13-29)24-17-21-5-3-4-6-23(21)32-24/h3-6,17,20,22,28H,1,7-16H2,2H3/b26-25-,27-19+. The van der Waals surface area contributed by atoms with Crippen molar-refractivity contribution in [1.82, 2.24) is 10.2 Å². The quantitative estimate of drug-likeness (QED) is 0.402. The molecule has 4 heterocycles. The topological polar surface area (TPSA) is 73.1 Å². The maximum atomic E-state index is 12.7. The summed E-state index contributed by atoms with van der Waals surface area (Å²) in [6.45, 7) is 9.60. The van der Waals surface area contributed by atoms with Crippen LogP contribution in [0.1, 0.15) is 50.7 Å². The zero-order valence-corrected chi connectivity index (χ0v) is 20.2. The van der Waals surface area contributed by atoms with E-state index in [1.807, 2.05) is 12.1 Å². The van der Waals surface area contributed by atoms with Gasteiger partial charge in [-0.1, -0.05) is 24.8 Å². The van der Waals surface area contributed by atoms with Crippen LogP contribution in [0.4, 0.5) is 0 Å². The summed E-state index contributed by atoms with van der Waals surface area (Å²) in [6, 6.07) is 10.7. The van der Waals surface area contributed by atoms with Crippen molar-refractivity contribution in [2.24, 2.45) is 4.99 Å². The van der Waals surface area contributed by atoms with Gasteiger partial charge in [0.05, 0.1) is 0 Å². The number of nitrogens with zero attached hydrogens (tertiary/aromatic N) is 2. The molecule has 1 unspecified atom stereocenters. The van der Waals surface area contributed by atoms with Crippen molar-refractivity contribution >= 4 is 28.0 Å². The fourth-order valence-electron chi connectivity index (χ4n) is 4.98. The Kier molecular flexibility index (Phi) is 6.81. The number of piperidine rings is 1. The molecule has 176 valence electrons. The number of aliphatic imine (C=N–C) groups is 1. The van der Waals surface area contributed by atoms with Gasteiger partial charge in [-0.15, -0.1) is 0 Å². The van der Waals surface area contributed by atoms with Crippen LogP contribution in [0.2, 0.25) is 0 Å². The van der Waals surface area contributed by atoms with Crippen LogP contribution >= 0.6 is 0 Å². The molecule has 2 aromatic rings. The second-order valence-electron chi connectivity index (χ2n) is 9.22. The Morgan fingerprint density at radius 2 is 1.94 bits per heavy atom. The van der Waals surface area contributed by atoms with E-state index in [-0.39, 0.29) is 0 Å². The Balaban J connectivity index is 1.30. The summed E-state index contributed by atoms with van der Waals surface area (Å²) in [5.41, 5.74) is 1.91. The molecule has 3 aliphatic heterocycles. The van der Waals surface area contributed by atoms with Gasteiger partial charge in [-0.2, -0.15) is 0 Å². The number of likely N-dealkylation sites (tertiary alicyclic amines) is 1. The van der Waals surface area contributed by atoms with Gasteiger partial charge in [-0.3, -0.25) is 0 Å². The third-order valence-electron chi connectivity index (χ3n) is 6.99. The molecule has 0 aliphatic carbocycles. The van der Waals surface area contributed by atoms with Gasteiger partial charge in [-0.25, -0.2) is 4.99 Å². The van der Waals surface area contributed by atoms with Gasteiger partial charge in [0.25, 0.3) is 0 Å². The number of fused-ring (bicyclic) bond motifs is 1. The van der Waals surface area contributed by atoms with Crippen molar-refractivity contribution in [3.05, 3.63) is 59.0 Å². The molecule has 0 saturated carbocycles. The number of benzene rings is 1. The van der Waals surface area contributed by atoms with E-state index in [2.05, 4.69) is 41.9 Å². The highest BCUT2D eigenvalue weighted by molar-refractivity contribution is 7.95. The molecule has 5 rings (SSSR count). The molecule has 1 aromatic heterocycles. The molecule has 3 aliphatic rings. The second kappa shape index (κ2) is 9.95. The molecule has 0 bridgehead atoms. The number of allylic oxidation sites excluding steroid dienone is 1. The fourth-order valence-corrected chi connectivity index (χ4v) is 6.36. The monoisotopic (exact) mass is 467 g/mol. The lowest BCUT2D eigenvalue weighted by molar-refractivity contribution is 0.0803. The number of ether oxygens (including phenoxy) is 1. The fraction of sp³-hybridized carbons (Fsp3) is 0.500. The predicted molar refractivity (Wildman–Crippen MR) is 134 cm³/mol. The molecular formula is C26H33N3O3S. The molecule has 1 atom stereocenters. The van der Waals surface area contributed by atoms with Crippen LogP contribution in [0, 0.1) is 0 Å². The molecule has 33 heavy (non-hydrogen) atoms. The zero-order valence-electron chi connectivity index (χ0n) is 19.3. The highest BCUT2D eigenvalue weighted by atomic mass is 32.2. The molecule has 1 N–H and O–H groups in total. The summed E-state index contributed by atoms with van der Waals surface area (Å²) in [4.78, 5) is 8.15. The first-order valence-electron chi connectivity index (χ1n) is 12.0. The first-order valence-corrected chi connectivity index (χ1v) is 13.3. The molecule has 6 nitrogen and oxygen atoms in total. The maximum absolute atomic E-state index is 12.7. The smallest absolute Gasteiger partial charge is 0.197 e. The van der Waals surface area contributed by atoms with Crippen molar-refractivity contribution in [3.63, 3.8) is 0 Å². The lowest BCUT2D eigenvalue weighted by atomic mass is 9.94. The van der Waals surface area contributed by atoms with Crippen molar-refractivity contribution < 1.29 is 13.7 Å². The van der Waals surface area contributed by atoms with E-state index in [1.165, 1.54) is 5.39 Å². The van der Waals surface area contributed by atoms with Gasteiger partial charge in [0.1, 0.15) is 22.9 Å². The molecule has 0 spiro atoms. The molecule has 7 heteroatoms. The van der Waals surface area contributed by atoms with Crippen molar-refractivity contribution in [1.29, 1.82) is 0 Å². The van der Waals surface area contributed by atoms with E-state index in [0.29, 0.717) is 17.7 Å². The van der Waals surface area contributed by atoms with Crippen molar-refractivity contribution in [2.75, 3.05) is 32.1 Å². The number of furan rings is 1. The summed E-state index contributed by atoms with van der Waals surface area (Å²) < 4.78 is 24.4. The van der Waals surface area contributed by atoms with Crippen LogP contribution in [-0.4, -0.2) is 53.4 Å². The number of para-hydroxylation sites is 1. The Morgan fingerprint density at radius 3 is 2.64 bits per heavy atom. The summed E-state index contributed by atoms with van der Waals surface area (Å²) in [6.07, 6.45) is 4.72. The molecule has 3 fully saturated rings. The summed E-state index contributed by atoms with van der Waals surface area (Å²) in [5.74, 6) is 3.88. The van der Waals surface area contributed by atoms with Crippen LogP contribution < -0.4 is 5.32 Å². The maximum Gasteiger partial charge on any atom is 0.197 e. The van der Waals surface area contributed by atoms with Crippen LogP contribution in [0.5, 0.6) is 0 Å². The highest BCUT2D eigenvalue weighted by Gasteiger charge is 2.32. The Bertz CT molecular complexity index is 1030. The van der Waals surface area contributed by atoms with Gasteiger partial charge in [0, 0.05) is 55.6 Å². The van der Waals surface area contributed by atoms with E-state index in [0.717, 1.165) is 91.9 Å². The van der Waals surface area contributed by atoms with E-state index in [1.54, 1.807) is 0 Å². The van der Waals surface area contributed by atoms with Crippen LogP contribution in [0.25, 0.3) is 11.0 Å². The van der Waals surface area contributed by atoms with Gasteiger partial charge in [-0.05, 0) is 55.9 Å². The average molecular weight is 468 g/mol. The number of amidine groups is 1. The van der Waals surface area contributed by atoms with Gasteiger partial charge >= 0.3 is 0 Å². The van der Waals surface area contributed by atoms with E-state index in [9.17, 15) is 4.55 Å². The highest BCUT2D eigenvalue weighted by Crippen LogP contribution is 2.34. The first-order chi connectivity index (χ1) is 16.1. The molecule has 1 aromatic carbocycles. The van der Waals surface area contributed by atoms with Gasteiger partial charge < -0.3 is 23.9 Å².